The molecule has 0 bridgehead atoms. The van der Waals surface area contributed by atoms with Gasteiger partial charge in [-0.15, -0.1) is 0 Å². The van der Waals surface area contributed by atoms with Crippen molar-refractivity contribution in [2.75, 3.05) is 15.5 Å². The topological polar surface area (TPSA) is 37.4 Å². The molecule has 0 radical (unpaired) electrons. The predicted octanol–water partition coefficient (Wildman–Crippen LogP) is 11.4. The molecule has 4 heteroatoms. The molecule has 2 heterocycles. The first-order valence-electron chi connectivity index (χ1n) is 17.0. The highest BCUT2D eigenvalue weighted by atomic mass is 15.2. The lowest BCUT2D eigenvalue weighted by atomic mass is 10.0. The molecule has 6 aromatic carbocycles. The number of para-hydroxylation sites is 3. The van der Waals surface area contributed by atoms with Crippen LogP contribution in [0, 0.1) is 0 Å². The van der Waals surface area contributed by atoms with Crippen molar-refractivity contribution >= 4 is 40.2 Å². The lowest BCUT2D eigenvalue weighted by Crippen LogP contribution is -2.20. The van der Waals surface area contributed by atoms with Gasteiger partial charge in [-0.3, -0.25) is 4.57 Å². The highest BCUT2D eigenvalue weighted by molar-refractivity contribution is 5.92. The Morgan fingerprint density at radius 1 is 0.580 bits per heavy atom. The second-order valence-corrected chi connectivity index (χ2v) is 12.5. The van der Waals surface area contributed by atoms with Crippen LogP contribution in [0.4, 0.5) is 28.6 Å². The molecular weight excluding hydrogens is 609 g/mol. The molecule has 0 unspecified atom stereocenters. The lowest BCUT2D eigenvalue weighted by molar-refractivity contribution is 0.878. The molecule has 242 valence electrons. The molecule has 0 fully saturated rings. The van der Waals surface area contributed by atoms with Gasteiger partial charge in [0.15, 0.2) is 0 Å². The van der Waals surface area contributed by atoms with Gasteiger partial charge in [0.25, 0.3) is 0 Å². The lowest BCUT2D eigenvalue weighted by Gasteiger charge is -2.28. The van der Waals surface area contributed by atoms with Crippen LogP contribution in [0.2, 0.25) is 0 Å². The molecule has 50 heavy (non-hydrogen) atoms. The van der Waals surface area contributed by atoms with Crippen molar-refractivity contribution in [2.45, 2.75) is 13.1 Å². The van der Waals surface area contributed by atoms with Crippen LogP contribution in [0.3, 0.4) is 0 Å². The second-order valence-electron chi connectivity index (χ2n) is 12.5. The van der Waals surface area contributed by atoms with Gasteiger partial charge < -0.3 is 15.5 Å². The molecule has 0 aliphatic carbocycles. The summed E-state index contributed by atoms with van der Waals surface area (Å²) in [6.45, 7) is 5.80. The zero-order valence-electron chi connectivity index (χ0n) is 27.9. The van der Waals surface area contributed by atoms with E-state index in [1.54, 1.807) is 0 Å². The number of anilines is 5. The Hall–Kier alpha value is -6.52. The highest BCUT2D eigenvalue weighted by Gasteiger charge is 2.29. The van der Waals surface area contributed by atoms with Crippen molar-refractivity contribution in [3.63, 3.8) is 0 Å². The van der Waals surface area contributed by atoms with Crippen LogP contribution in [-0.4, -0.2) is 4.57 Å². The van der Waals surface area contributed by atoms with Crippen LogP contribution in [0.5, 0.6) is 0 Å². The van der Waals surface area contributed by atoms with E-state index in [1.165, 1.54) is 16.7 Å². The Kier molecular flexibility index (Phi) is 8.34. The Bertz CT molecular complexity index is 2270. The Balaban J connectivity index is 1.36. The number of nitrogens with zero attached hydrogens (tertiary/aromatic N) is 3. The van der Waals surface area contributed by atoms with Crippen molar-refractivity contribution in [3.05, 3.63) is 205 Å². The summed E-state index contributed by atoms with van der Waals surface area (Å²) in [5, 5.41) is 0. The van der Waals surface area contributed by atoms with E-state index in [-0.39, 0.29) is 0 Å². The van der Waals surface area contributed by atoms with Gasteiger partial charge in [-0.05, 0) is 64.7 Å². The molecule has 1 aliphatic rings. The van der Waals surface area contributed by atoms with Crippen molar-refractivity contribution in [1.29, 1.82) is 0 Å². The number of hydrogen-bond acceptors (Lipinski definition) is 3. The number of nitrogens with two attached hydrogens (primary N) is 1. The summed E-state index contributed by atoms with van der Waals surface area (Å²) in [6, 6.07) is 59.5. The molecule has 1 aromatic heterocycles. The molecular formula is C46H38N4. The smallest absolute Gasteiger partial charge is 0.133 e. The number of allylic oxidation sites excluding steroid dienone is 2. The molecule has 0 saturated heterocycles. The van der Waals surface area contributed by atoms with Crippen LogP contribution in [0.25, 0.3) is 28.5 Å². The van der Waals surface area contributed by atoms with E-state index >= 15 is 0 Å². The Morgan fingerprint density at radius 3 is 1.86 bits per heavy atom. The van der Waals surface area contributed by atoms with E-state index in [2.05, 4.69) is 197 Å². The summed E-state index contributed by atoms with van der Waals surface area (Å²) in [5.74, 6) is 0.685. The third kappa shape index (κ3) is 5.88. The predicted molar refractivity (Wildman–Crippen MR) is 211 cm³/mol. The molecule has 4 nitrogen and oxygen atoms in total. The minimum Gasteiger partial charge on any atom is -0.383 e. The maximum atomic E-state index is 7.39. The third-order valence-corrected chi connectivity index (χ3v) is 9.44. The number of nitrogen functional groups attached to an aromatic ring is 1. The van der Waals surface area contributed by atoms with Gasteiger partial charge in [-0.25, -0.2) is 0 Å². The standard InChI is InChI=1S/C46H38N4/c1-34-26-31-42-44(33-48(43-25-15-14-24-41(34)43)39-29-27-37(28-30-39)36-18-8-3-9-19-36)50(40-22-12-5-13-23-40)46(47)45(42)49(38-20-10-4-11-21-38)32-35-16-6-2-7-17-35/h2-31H,1,32-33,47H2/b31-26-. The maximum Gasteiger partial charge on any atom is 0.133 e. The fraction of sp³-hybridized carbons (Fsp3) is 0.0435. The first kappa shape index (κ1) is 30.8. The number of fused-ring (bicyclic) bond motifs is 2. The largest absolute Gasteiger partial charge is 0.383 e. The van der Waals surface area contributed by atoms with Gasteiger partial charge >= 0.3 is 0 Å². The van der Waals surface area contributed by atoms with Gasteiger partial charge in [0.05, 0.1) is 17.9 Å². The minimum absolute atomic E-state index is 0.571. The van der Waals surface area contributed by atoms with Gasteiger partial charge in [0, 0.05) is 40.4 Å². The van der Waals surface area contributed by atoms with Gasteiger partial charge in [-0.2, -0.15) is 0 Å². The van der Waals surface area contributed by atoms with Crippen molar-refractivity contribution in [3.8, 4) is 16.8 Å². The van der Waals surface area contributed by atoms with E-state index in [1.807, 2.05) is 6.07 Å². The number of benzene rings is 6. The van der Waals surface area contributed by atoms with Gasteiger partial charge in [0.2, 0.25) is 0 Å². The molecule has 0 saturated carbocycles. The average molecular weight is 647 g/mol. The molecule has 8 rings (SSSR count). The average Bonchev–Trinajstić information content (AvgIpc) is 3.48. The molecule has 0 spiro atoms. The summed E-state index contributed by atoms with van der Waals surface area (Å²) < 4.78 is 2.23. The summed E-state index contributed by atoms with van der Waals surface area (Å²) in [5.41, 5.74) is 20.4. The zero-order valence-corrected chi connectivity index (χ0v) is 27.9. The fourth-order valence-electron chi connectivity index (χ4n) is 6.99. The first-order valence-corrected chi connectivity index (χ1v) is 17.0. The van der Waals surface area contributed by atoms with E-state index in [0.29, 0.717) is 18.9 Å². The van der Waals surface area contributed by atoms with Gasteiger partial charge in [0.1, 0.15) is 5.82 Å². The third-order valence-electron chi connectivity index (χ3n) is 9.44. The van der Waals surface area contributed by atoms with E-state index in [4.69, 9.17) is 5.73 Å². The quantitative estimate of drug-likeness (QED) is 0.187. The Morgan fingerprint density at radius 2 is 1.16 bits per heavy atom. The summed E-state index contributed by atoms with van der Waals surface area (Å²) >= 11 is 0. The van der Waals surface area contributed by atoms with Crippen LogP contribution in [-0.2, 0) is 13.1 Å². The zero-order chi connectivity index (χ0) is 33.9. The molecule has 2 N–H and O–H groups in total. The van der Waals surface area contributed by atoms with Crippen molar-refractivity contribution < 1.29 is 0 Å². The number of rotatable bonds is 7. The molecule has 0 atom stereocenters. The van der Waals surface area contributed by atoms with Crippen LogP contribution >= 0.6 is 0 Å². The van der Waals surface area contributed by atoms with E-state index < -0.39 is 0 Å². The van der Waals surface area contributed by atoms with Gasteiger partial charge in [-0.1, -0.05) is 146 Å². The summed E-state index contributed by atoms with van der Waals surface area (Å²) in [6.07, 6.45) is 4.35. The summed E-state index contributed by atoms with van der Waals surface area (Å²) in [7, 11) is 0. The monoisotopic (exact) mass is 646 g/mol. The second kappa shape index (κ2) is 13.5. The summed E-state index contributed by atoms with van der Waals surface area (Å²) in [4.78, 5) is 4.74. The maximum absolute atomic E-state index is 7.39. The number of aromatic nitrogens is 1. The fourth-order valence-corrected chi connectivity index (χ4v) is 6.99. The Labute approximate surface area is 294 Å². The van der Waals surface area contributed by atoms with Crippen LogP contribution in [0.15, 0.2) is 183 Å². The van der Waals surface area contributed by atoms with E-state index in [9.17, 15) is 0 Å². The molecule has 0 amide bonds. The SMILES string of the molecule is C=C1/C=C\c2c(N(Cc3ccccc3)c3ccccc3)c(N)n(-c3ccccc3)c2CN(c2ccc(-c3ccccc3)cc2)c2ccccc21. The molecule has 7 aromatic rings. The normalized spacial score (nSPS) is 13.0. The highest BCUT2D eigenvalue weighted by Crippen LogP contribution is 2.45. The van der Waals surface area contributed by atoms with Crippen LogP contribution in [0.1, 0.15) is 22.4 Å². The van der Waals surface area contributed by atoms with E-state index in [0.717, 1.165) is 50.8 Å². The molecule has 1 aliphatic heterocycles. The first-order chi connectivity index (χ1) is 24.7. The minimum atomic E-state index is 0.571. The van der Waals surface area contributed by atoms with Crippen LogP contribution < -0.4 is 15.5 Å². The number of hydrogen-bond donors (Lipinski definition) is 1. The van der Waals surface area contributed by atoms with Crippen molar-refractivity contribution in [2.24, 2.45) is 0 Å². The van der Waals surface area contributed by atoms with Crippen molar-refractivity contribution in [1.82, 2.24) is 4.57 Å².